The lowest BCUT2D eigenvalue weighted by Crippen LogP contribution is -1.88. The summed E-state index contributed by atoms with van der Waals surface area (Å²) in [4.78, 5) is 0. The van der Waals surface area contributed by atoms with Crippen molar-refractivity contribution in [3.63, 3.8) is 0 Å². The summed E-state index contributed by atoms with van der Waals surface area (Å²) in [5, 5.41) is 0. The smallest absolute Gasteiger partial charge is 0.00449 e. The first-order chi connectivity index (χ1) is 9.95. The molecule has 21 heavy (non-hydrogen) atoms. The van der Waals surface area contributed by atoms with E-state index in [0.717, 1.165) is 24.3 Å². The average molecular weight is 309 g/mol. The Balaban J connectivity index is 3.85. The molecule has 0 unspecified atom stereocenters. The minimum atomic E-state index is 0.825. The highest BCUT2D eigenvalue weighted by Gasteiger charge is 1.96. The van der Waals surface area contributed by atoms with Crippen LogP contribution in [0.4, 0.5) is 0 Å². The topological polar surface area (TPSA) is 0 Å². The van der Waals surface area contributed by atoms with Crippen LogP contribution in [0.15, 0.2) is 47.1 Å². The Morgan fingerprint density at radius 1 is 1.00 bits per heavy atom. The zero-order valence-electron chi connectivity index (χ0n) is 14.4. The Hall–Kier alpha value is -0.750. The molecule has 0 fully saturated rings. The maximum Gasteiger partial charge on any atom is 0.00449 e. The molecule has 0 spiro atoms. The highest BCUT2D eigenvalue weighted by Crippen LogP contribution is 2.15. The van der Waals surface area contributed by atoms with Crippen LogP contribution in [0.2, 0.25) is 0 Å². The summed E-state index contributed by atoms with van der Waals surface area (Å²) in [5.74, 6) is 0.825. The van der Waals surface area contributed by atoms with E-state index in [1.54, 1.807) is 5.57 Å². The molecular weight excluding hydrogens is 276 g/mol. The molecule has 120 valence electrons. The minimum Gasteiger partial charge on any atom is -0.0958 e. The predicted molar refractivity (Wildman–Crippen MR) is 98.8 cm³/mol. The fourth-order valence-corrected chi connectivity index (χ4v) is 2.39. The van der Waals surface area contributed by atoms with Crippen molar-refractivity contribution in [3.05, 3.63) is 47.1 Å². The van der Waals surface area contributed by atoms with E-state index < -0.39 is 0 Å². The third kappa shape index (κ3) is 14.0. The largest absolute Gasteiger partial charge is 0.0958 e. The molecule has 0 rings (SSSR count). The Morgan fingerprint density at radius 3 is 2.14 bits per heavy atom. The second-order valence-corrected chi connectivity index (χ2v) is 6.67. The van der Waals surface area contributed by atoms with Crippen molar-refractivity contribution in [2.24, 2.45) is 5.92 Å². The van der Waals surface area contributed by atoms with Gasteiger partial charge in [-0.1, -0.05) is 67.3 Å². The number of rotatable bonds is 11. The summed E-state index contributed by atoms with van der Waals surface area (Å²) in [6.45, 7) is 13.0. The molecule has 0 nitrogen and oxygen atoms in total. The van der Waals surface area contributed by atoms with Gasteiger partial charge in [0.2, 0.25) is 0 Å². The highest BCUT2D eigenvalue weighted by atomic mass is 35.5. The summed E-state index contributed by atoms with van der Waals surface area (Å²) in [7, 11) is 0. The van der Waals surface area contributed by atoms with Gasteiger partial charge in [-0.3, -0.25) is 0 Å². The summed E-state index contributed by atoms with van der Waals surface area (Å²) in [6, 6.07) is 0. The van der Waals surface area contributed by atoms with Gasteiger partial charge in [0.25, 0.3) is 0 Å². The molecule has 0 atom stereocenters. The summed E-state index contributed by atoms with van der Waals surface area (Å²) < 4.78 is 0. The summed E-state index contributed by atoms with van der Waals surface area (Å²) >= 11 is 5.53. The van der Waals surface area contributed by atoms with E-state index in [9.17, 15) is 0 Å². The average Bonchev–Trinajstić information content (AvgIpc) is 2.38. The second-order valence-electron chi connectivity index (χ2n) is 6.42. The first-order valence-corrected chi connectivity index (χ1v) is 8.65. The van der Waals surface area contributed by atoms with Gasteiger partial charge in [-0.05, 0) is 64.4 Å². The number of allylic oxidation sites excluding steroid dienone is 6. The summed E-state index contributed by atoms with van der Waals surface area (Å²) in [5.41, 5.74) is 5.65. The monoisotopic (exact) mass is 308 g/mol. The molecule has 0 aliphatic rings. The van der Waals surface area contributed by atoms with Crippen molar-refractivity contribution >= 4 is 11.6 Å². The Labute approximate surface area is 137 Å². The van der Waals surface area contributed by atoms with Crippen LogP contribution in [0, 0.1) is 5.92 Å². The van der Waals surface area contributed by atoms with Gasteiger partial charge in [0.05, 0.1) is 0 Å². The van der Waals surface area contributed by atoms with Gasteiger partial charge in [0.1, 0.15) is 0 Å². The molecule has 0 bridgehead atoms. The Kier molecular flexibility index (Phi) is 12.5. The van der Waals surface area contributed by atoms with Gasteiger partial charge in [-0.2, -0.15) is 0 Å². The van der Waals surface area contributed by atoms with Gasteiger partial charge in [-0.25, -0.2) is 0 Å². The fraction of sp³-hybridized carbons (Fsp3) is 0.600. The molecule has 1 heteroatoms. The van der Waals surface area contributed by atoms with Crippen molar-refractivity contribution in [2.75, 3.05) is 0 Å². The van der Waals surface area contributed by atoms with Crippen LogP contribution in [0.5, 0.6) is 0 Å². The van der Waals surface area contributed by atoms with Crippen molar-refractivity contribution in [1.82, 2.24) is 0 Å². The molecule has 0 radical (unpaired) electrons. The normalized spacial score (nSPS) is 13.4. The van der Waals surface area contributed by atoms with E-state index >= 15 is 0 Å². The zero-order chi connectivity index (χ0) is 16.1. The van der Waals surface area contributed by atoms with E-state index in [0.29, 0.717) is 0 Å². The first-order valence-electron chi connectivity index (χ1n) is 8.21. The summed E-state index contributed by atoms with van der Waals surface area (Å²) in [6.07, 6.45) is 14.9. The molecule has 0 heterocycles. The van der Waals surface area contributed by atoms with E-state index in [1.807, 2.05) is 6.08 Å². The first kappa shape index (κ1) is 20.2. The van der Waals surface area contributed by atoms with Crippen LogP contribution in [0.25, 0.3) is 0 Å². The van der Waals surface area contributed by atoms with Crippen LogP contribution in [0.3, 0.4) is 0 Å². The quantitative estimate of drug-likeness (QED) is 0.272. The third-order valence-corrected chi connectivity index (χ3v) is 3.77. The molecule has 0 saturated carbocycles. The van der Waals surface area contributed by atoms with Crippen LogP contribution in [0.1, 0.15) is 72.6 Å². The predicted octanol–water partition coefficient (Wildman–Crippen LogP) is 7.57. The molecule has 0 aromatic heterocycles. The number of hydrogen-bond acceptors (Lipinski definition) is 0. The molecule has 0 N–H and O–H groups in total. The number of hydrogen-bond donors (Lipinski definition) is 0. The van der Waals surface area contributed by atoms with Gasteiger partial charge in [-0.15, -0.1) is 0 Å². The van der Waals surface area contributed by atoms with Gasteiger partial charge in [0, 0.05) is 5.54 Å². The minimum absolute atomic E-state index is 0.825. The fourth-order valence-electron chi connectivity index (χ4n) is 2.22. The van der Waals surface area contributed by atoms with Crippen molar-refractivity contribution < 1.29 is 0 Å². The van der Waals surface area contributed by atoms with Crippen molar-refractivity contribution in [2.45, 2.75) is 72.6 Å². The Bertz CT molecular complexity index is 369. The van der Waals surface area contributed by atoms with Crippen LogP contribution >= 0.6 is 11.6 Å². The lowest BCUT2D eigenvalue weighted by Gasteiger charge is -2.05. The third-order valence-electron chi connectivity index (χ3n) is 3.64. The van der Waals surface area contributed by atoms with Gasteiger partial charge >= 0.3 is 0 Å². The molecule has 0 aliphatic heterocycles. The maximum atomic E-state index is 5.53. The van der Waals surface area contributed by atoms with Crippen molar-refractivity contribution in [1.29, 1.82) is 0 Å². The molecular formula is C20H33Cl. The lowest BCUT2D eigenvalue weighted by atomic mass is 10.0. The molecule has 0 aromatic carbocycles. The molecule has 0 aliphatic carbocycles. The van der Waals surface area contributed by atoms with E-state index in [2.05, 4.69) is 46.4 Å². The van der Waals surface area contributed by atoms with Crippen LogP contribution < -0.4 is 0 Å². The SMILES string of the molecule is C=C(C=CCl)CCC=C(C)CCC=C(C)CCCC(C)C. The second kappa shape index (κ2) is 13.0. The standard InChI is InChI=1S/C20H33Cl/c1-17(2)9-6-10-18(3)11-7-12-19(4)13-8-14-20(5)15-16-21/h11,13,15-17H,5-10,12,14H2,1-4H3. The van der Waals surface area contributed by atoms with Gasteiger partial charge < -0.3 is 0 Å². The Morgan fingerprint density at radius 2 is 1.57 bits per heavy atom. The highest BCUT2D eigenvalue weighted by molar-refractivity contribution is 6.25. The van der Waals surface area contributed by atoms with Crippen LogP contribution in [-0.2, 0) is 0 Å². The maximum absolute atomic E-state index is 5.53. The van der Waals surface area contributed by atoms with E-state index in [4.69, 9.17) is 11.6 Å². The molecule has 0 aromatic rings. The van der Waals surface area contributed by atoms with E-state index in [-0.39, 0.29) is 0 Å². The lowest BCUT2D eigenvalue weighted by molar-refractivity contribution is 0.554. The zero-order valence-corrected chi connectivity index (χ0v) is 15.2. The van der Waals surface area contributed by atoms with E-state index in [1.165, 1.54) is 43.2 Å². The van der Waals surface area contributed by atoms with Crippen molar-refractivity contribution in [3.8, 4) is 0 Å². The van der Waals surface area contributed by atoms with Gasteiger partial charge in [0.15, 0.2) is 0 Å². The molecule has 0 saturated heterocycles. The number of halogens is 1. The molecule has 0 amide bonds. The van der Waals surface area contributed by atoms with Crippen LogP contribution in [-0.4, -0.2) is 0 Å².